The molecule has 1 aromatic carbocycles. The first kappa shape index (κ1) is 22.3. The molecule has 0 N–H and O–H groups in total. The molecule has 0 heteroatoms. The lowest BCUT2D eigenvalue weighted by Crippen LogP contribution is -1.95. The number of rotatable bonds is 15. The summed E-state index contributed by atoms with van der Waals surface area (Å²) in [7, 11) is 0. The van der Waals surface area contributed by atoms with Crippen molar-refractivity contribution >= 4 is 0 Å². The summed E-state index contributed by atoms with van der Waals surface area (Å²) in [5, 5.41) is 0. The Hall–Kier alpha value is -0.780. The van der Waals surface area contributed by atoms with E-state index in [1.54, 1.807) is 0 Å². The van der Waals surface area contributed by atoms with E-state index in [0.29, 0.717) is 11.8 Å². The molecule has 0 saturated carbocycles. The van der Waals surface area contributed by atoms with Crippen LogP contribution >= 0.6 is 0 Å². The summed E-state index contributed by atoms with van der Waals surface area (Å²) in [6.07, 6.45) is 18.6. The fourth-order valence-corrected chi connectivity index (χ4v) is 3.67. The summed E-state index contributed by atoms with van der Waals surface area (Å²) in [4.78, 5) is 0. The van der Waals surface area contributed by atoms with Gasteiger partial charge >= 0.3 is 0 Å². The van der Waals surface area contributed by atoms with E-state index in [-0.39, 0.29) is 0 Å². The van der Waals surface area contributed by atoms with Crippen molar-refractivity contribution in [2.45, 2.75) is 123 Å². The molecule has 0 nitrogen and oxygen atoms in total. The van der Waals surface area contributed by atoms with Crippen LogP contribution in [0.5, 0.6) is 0 Å². The predicted octanol–water partition coefficient (Wildman–Crippen LogP) is 9.00. The summed E-state index contributed by atoms with van der Waals surface area (Å²) in [6.45, 7) is 9.22. The fourth-order valence-electron chi connectivity index (χ4n) is 3.67. The molecule has 0 aliphatic rings. The maximum Gasteiger partial charge on any atom is -0.0190 e. The second-order valence-corrected chi connectivity index (χ2v) is 8.40. The van der Waals surface area contributed by atoms with Gasteiger partial charge in [0.2, 0.25) is 0 Å². The SMILES string of the molecule is CCCCCCCCCCCCCCC(C)c1ccc(C(C)C)cc1. The lowest BCUT2D eigenvalue weighted by molar-refractivity contribution is 0.528. The highest BCUT2D eigenvalue weighted by atomic mass is 14.1. The van der Waals surface area contributed by atoms with Crippen LogP contribution in [0.1, 0.15) is 134 Å². The van der Waals surface area contributed by atoms with Crippen molar-refractivity contribution in [1.82, 2.24) is 0 Å². The van der Waals surface area contributed by atoms with Gasteiger partial charge < -0.3 is 0 Å². The molecule has 0 heterocycles. The topological polar surface area (TPSA) is 0 Å². The van der Waals surface area contributed by atoms with E-state index in [1.165, 1.54) is 94.6 Å². The lowest BCUT2D eigenvalue weighted by atomic mass is 9.92. The zero-order valence-electron chi connectivity index (χ0n) is 17.7. The van der Waals surface area contributed by atoms with Gasteiger partial charge in [0, 0.05) is 0 Å². The van der Waals surface area contributed by atoms with E-state index in [9.17, 15) is 0 Å². The lowest BCUT2D eigenvalue weighted by Gasteiger charge is -2.13. The molecule has 0 fully saturated rings. The van der Waals surface area contributed by atoms with Crippen LogP contribution in [0.15, 0.2) is 24.3 Å². The van der Waals surface area contributed by atoms with Gasteiger partial charge in [0.1, 0.15) is 0 Å². The molecule has 0 bridgehead atoms. The zero-order valence-corrected chi connectivity index (χ0v) is 17.7. The summed E-state index contributed by atoms with van der Waals surface area (Å²) in [5.41, 5.74) is 2.98. The molecule has 25 heavy (non-hydrogen) atoms. The van der Waals surface area contributed by atoms with Crippen molar-refractivity contribution in [1.29, 1.82) is 0 Å². The highest BCUT2D eigenvalue weighted by Gasteiger charge is 2.06. The maximum atomic E-state index is 2.39. The van der Waals surface area contributed by atoms with Crippen LogP contribution in [0.4, 0.5) is 0 Å². The Kier molecular flexibility index (Phi) is 12.8. The molecule has 1 atom stereocenters. The van der Waals surface area contributed by atoms with Gasteiger partial charge in [0.25, 0.3) is 0 Å². The standard InChI is InChI=1S/C25H44/c1-5-6-7-8-9-10-11-12-13-14-15-16-17-23(4)25-20-18-24(19-21-25)22(2)3/h18-23H,5-17H2,1-4H3. The Morgan fingerprint density at radius 2 is 0.960 bits per heavy atom. The van der Waals surface area contributed by atoms with Crippen LogP contribution in [0, 0.1) is 0 Å². The number of benzene rings is 1. The van der Waals surface area contributed by atoms with Gasteiger partial charge in [0.15, 0.2) is 0 Å². The van der Waals surface area contributed by atoms with E-state index >= 15 is 0 Å². The molecule has 0 spiro atoms. The van der Waals surface area contributed by atoms with Crippen LogP contribution in [-0.2, 0) is 0 Å². The second-order valence-electron chi connectivity index (χ2n) is 8.40. The molecule has 1 unspecified atom stereocenters. The van der Waals surface area contributed by atoms with Crippen molar-refractivity contribution in [3.05, 3.63) is 35.4 Å². The Bertz CT molecular complexity index is 401. The number of hydrogen-bond acceptors (Lipinski definition) is 0. The van der Waals surface area contributed by atoms with Crippen molar-refractivity contribution in [3.63, 3.8) is 0 Å². The Balaban J connectivity index is 1.97. The average molecular weight is 345 g/mol. The van der Waals surface area contributed by atoms with Crippen molar-refractivity contribution in [3.8, 4) is 0 Å². The molecular weight excluding hydrogens is 300 g/mol. The van der Waals surface area contributed by atoms with Crippen LogP contribution in [0.2, 0.25) is 0 Å². The number of hydrogen-bond donors (Lipinski definition) is 0. The van der Waals surface area contributed by atoms with E-state index < -0.39 is 0 Å². The van der Waals surface area contributed by atoms with Crippen LogP contribution in [-0.4, -0.2) is 0 Å². The Morgan fingerprint density at radius 3 is 1.40 bits per heavy atom. The molecule has 0 saturated heterocycles. The normalized spacial score (nSPS) is 12.7. The summed E-state index contributed by atoms with van der Waals surface area (Å²) in [5.74, 6) is 1.35. The first-order valence-corrected chi connectivity index (χ1v) is 11.2. The summed E-state index contributed by atoms with van der Waals surface area (Å²) < 4.78 is 0. The minimum Gasteiger partial charge on any atom is -0.0654 e. The third kappa shape index (κ3) is 10.7. The van der Waals surface area contributed by atoms with Gasteiger partial charge in [-0.3, -0.25) is 0 Å². The van der Waals surface area contributed by atoms with Crippen molar-refractivity contribution < 1.29 is 0 Å². The third-order valence-electron chi connectivity index (χ3n) is 5.66. The molecule has 0 aromatic heterocycles. The van der Waals surface area contributed by atoms with Gasteiger partial charge in [-0.05, 0) is 29.4 Å². The quantitative estimate of drug-likeness (QED) is 0.278. The highest BCUT2D eigenvalue weighted by molar-refractivity contribution is 5.26. The molecule has 0 amide bonds. The summed E-state index contributed by atoms with van der Waals surface area (Å²) in [6, 6.07) is 9.33. The minimum atomic E-state index is 0.640. The number of unbranched alkanes of at least 4 members (excludes halogenated alkanes) is 11. The van der Waals surface area contributed by atoms with Gasteiger partial charge in [-0.25, -0.2) is 0 Å². The molecule has 1 rings (SSSR count). The van der Waals surface area contributed by atoms with E-state index in [1.807, 2.05) is 0 Å². The van der Waals surface area contributed by atoms with E-state index in [4.69, 9.17) is 0 Å². The smallest absolute Gasteiger partial charge is 0.0190 e. The Labute approximate surface area is 158 Å². The minimum absolute atomic E-state index is 0.640. The van der Waals surface area contributed by atoms with Crippen LogP contribution in [0.3, 0.4) is 0 Å². The molecule has 1 aromatic rings. The molecule has 144 valence electrons. The zero-order chi connectivity index (χ0) is 18.3. The van der Waals surface area contributed by atoms with E-state index in [2.05, 4.69) is 52.0 Å². The third-order valence-corrected chi connectivity index (χ3v) is 5.66. The van der Waals surface area contributed by atoms with Crippen LogP contribution in [0.25, 0.3) is 0 Å². The highest BCUT2D eigenvalue weighted by Crippen LogP contribution is 2.24. The summed E-state index contributed by atoms with van der Waals surface area (Å²) >= 11 is 0. The predicted molar refractivity (Wildman–Crippen MR) is 115 cm³/mol. The first-order chi connectivity index (χ1) is 12.1. The van der Waals surface area contributed by atoms with Crippen molar-refractivity contribution in [2.75, 3.05) is 0 Å². The second kappa shape index (κ2) is 14.4. The van der Waals surface area contributed by atoms with Gasteiger partial charge in [-0.2, -0.15) is 0 Å². The largest absolute Gasteiger partial charge is 0.0654 e. The van der Waals surface area contributed by atoms with Gasteiger partial charge in [-0.1, -0.05) is 129 Å². The van der Waals surface area contributed by atoms with Crippen molar-refractivity contribution in [2.24, 2.45) is 0 Å². The monoisotopic (exact) mass is 344 g/mol. The van der Waals surface area contributed by atoms with Gasteiger partial charge in [-0.15, -0.1) is 0 Å². The first-order valence-electron chi connectivity index (χ1n) is 11.2. The van der Waals surface area contributed by atoms with Crippen LogP contribution < -0.4 is 0 Å². The molecule has 0 radical (unpaired) electrons. The maximum absolute atomic E-state index is 2.39. The molecule has 0 aliphatic carbocycles. The fraction of sp³-hybridized carbons (Fsp3) is 0.760. The molecular formula is C25H44. The van der Waals surface area contributed by atoms with E-state index in [0.717, 1.165) is 0 Å². The molecule has 0 aliphatic heterocycles. The Morgan fingerprint density at radius 1 is 0.560 bits per heavy atom. The van der Waals surface area contributed by atoms with Gasteiger partial charge in [0.05, 0.1) is 0 Å². The average Bonchev–Trinajstić information content (AvgIpc) is 2.62.